The van der Waals surface area contributed by atoms with Gasteiger partial charge in [-0.05, 0) is 13.0 Å². The predicted molar refractivity (Wildman–Crippen MR) is 79.2 cm³/mol. The average Bonchev–Trinajstić information content (AvgIpc) is 2.91. The van der Waals surface area contributed by atoms with E-state index in [1.54, 1.807) is 26.5 Å². The number of nitrogens with zero attached hydrogens (tertiary/aromatic N) is 3. The fraction of sp³-hybridized carbons (Fsp3) is 0.214. The molecular formula is C14H15N5O2. The number of H-pyrrole nitrogens is 1. The fourth-order valence-corrected chi connectivity index (χ4v) is 2.10. The molecule has 0 aliphatic heterocycles. The lowest BCUT2D eigenvalue weighted by Gasteiger charge is -2.11. The first-order valence-electron chi connectivity index (χ1n) is 6.37. The molecule has 0 saturated heterocycles. The summed E-state index contributed by atoms with van der Waals surface area (Å²) in [6, 6.07) is 5.57. The molecule has 108 valence electrons. The van der Waals surface area contributed by atoms with Gasteiger partial charge in [-0.15, -0.1) is 0 Å². The average molecular weight is 285 g/mol. The van der Waals surface area contributed by atoms with E-state index in [-0.39, 0.29) is 0 Å². The van der Waals surface area contributed by atoms with Gasteiger partial charge in [-0.25, -0.2) is 0 Å². The van der Waals surface area contributed by atoms with Crippen molar-refractivity contribution in [3.8, 4) is 11.5 Å². The van der Waals surface area contributed by atoms with Gasteiger partial charge in [0.2, 0.25) is 0 Å². The summed E-state index contributed by atoms with van der Waals surface area (Å²) in [4.78, 5) is 0. The molecule has 0 spiro atoms. The van der Waals surface area contributed by atoms with E-state index in [9.17, 15) is 0 Å². The molecule has 2 aromatic heterocycles. The number of methoxy groups -OCH3 is 2. The molecule has 2 N–H and O–H groups in total. The Hall–Kier alpha value is -2.83. The number of aromatic nitrogens is 4. The highest BCUT2D eigenvalue weighted by atomic mass is 16.5. The van der Waals surface area contributed by atoms with E-state index in [0.717, 1.165) is 22.6 Å². The maximum absolute atomic E-state index is 5.33. The van der Waals surface area contributed by atoms with Gasteiger partial charge in [-0.3, -0.25) is 5.10 Å². The molecule has 2 heterocycles. The van der Waals surface area contributed by atoms with Crippen molar-refractivity contribution < 1.29 is 9.47 Å². The highest BCUT2D eigenvalue weighted by molar-refractivity contribution is 5.94. The number of rotatable bonds is 4. The van der Waals surface area contributed by atoms with Crippen LogP contribution in [0.15, 0.2) is 24.4 Å². The largest absolute Gasteiger partial charge is 0.493 e. The van der Waals surface area contributed by atoms with Crippen molar-refractivity contribution in [2.75, 3.05) is 19.5 Å². The zero-order valence-corrected chi connectivity index (χ0v) is 12.0. The summed E-state index contributed by atoms with van der Waals surface area (Å²) >= 11 is 0. The van der Waals surface area contributed by atoms with Gasteiger partial charge in [0.25, 0.3) is 0 Å². The Morgan fingerprint density at radius 2 is 1.86 bits per heavy atom. The van der Waals surface area contributed by atoms with E-state index in [0.29, 0.717) is 17.0 Å². The third-order valence-corrected chi connectivity index (χ3v) is 3.11. The van der Waals surface area contributed by atoms with E-state index in [1.807, 2.05) is 19.1 Å². The first kappa shape index (κ1) is 13.2. The second-order valence-corrected chi connectivity index (χ2v) is 4.54. The molecule has 0 atom stereocenters. The van der Waals surface area contributed by atoms with Gasteiger partial charge in [0.05, 0.1) is 31.6 Å². The molecular weight excluding hydrogens is 270 g/mol. The summed E-state index contributed by atoms with van der Waals surface area (Å²) in [6.07, 6.45) is 1.65. The van der Waals surface area contributed by atoms with Crippen LogP contribution in [0.2, 0.25) is 0 Å². The first-order chi connectivity index (χ1) is 10.2. The molecule has 0 unspecified atom stereocenters. The van der Waals surface area contributed by atoms with E-state index >= 15 is 0 Å². The molecule has 3 aromatic rings. The van der Waals surface area contributed by atoms with E-state index in [4.69, 9.17) is 9.47 Å². The minimum Gasteiger partial charge on any atom is -0.493 e. The van der Waals surface area contributed by atoms with Gasteiger partial charge in [0.1, 0.15) is 0 Å². The summed E-state index contributed by atoms with van der Waals surface area (Å²) in [5, 5.41) is 19.3. The van der Waals surface area contributed by atoms with Crippen LogP contribution >= 0.6 is 0 Å². The molecule has 0 radical (unpaired) electrons. The van der Waals surface area contributed by atoms with Crippen LogP contribution < -0.4 is 14.8 Å². The monoisotopic (exact) mass is 285 g/mol. The quantitative estimate of drug-likeness (QED) is 0.765. The van der Waals surface area contributed by atoms with Crippen molar-refractivity contribution >= 4 is 22.4 Å². The lowest BCUT2D eigenvalue weighted by atomic mass is 10.2. The van der Waals surface area contributed by atoms with Gasteiger partial charge in [-0.1, -0.05) is 0 Å². The summed E-state index contributed by atoms with van der Waals surface area (Å²) in [6.45, 7) is 1.94. The standard InChI is InChI=1S/C14H15N5O2/c1-8-4-14(19-17-8)16-11-7-15-18-10-6-13(21-3)12(20-2)5-9(10)11/h4-7H,1-3H3,(H2,16,17,18,19). The second-order valence-electron chi connectivity index (χ2n) is 4.54. The maximum atomic E-state index is 5.33. The predicted octanol–water partition coefficient (Wildman–Crippen LogP) is 2.42. The third kappa shape index (κ3) is 2.45. The van der Waals surface area contributed by atoms with Crippen LogP contribution in [0.5, 0.6) is 11.5 Å². The number of aromatic amines is 1. The summed E-state index contributed by atoms with van der Waals surface area (Å²) in [5.74, 6) is 1.97. The summed E-state index contributed by atoms with van der Waals surface area (Å²) < 4.78 is 10.6. The zero-order valence-electron chi connectivity index (χ0n) is 12.0. The van der Waals surface area contributed by atoms with E-state index in [2.05, 4.69) is 25.7 Å². The van der Waals surface area contributed by atoms with Crippen molar-refractivity contribution in [2.24, 2.45) is 0 Å². The molecule has 0 aliphatic rings. The Labute approximate surface area is 121 Å². The highest BCUT2D eigenvalue weighted by Gasteiger charge is 2.11. The number of nitrogens with one attached hydrogen (secondary N) is 2. The smallest absolute Gasteiger partial charge is 0.162 e. The maximum Gasteiger partial charge on any atom is 0.162 e. The zero-order chi connectivity index (χ0) is 14.8. The lowest BCUT2D eigenvalue weighted by molar-refractivity contribution is 0.356. The number of benzene rings is 1. The van der Waals surface area contributed by atoms with Gasteiger partial charge >= 0.3 is 0 Å². The molecule has 1 aromatic carbocycles. The topological polar surface area (TPSA) is 85.0 Å². The van der Waals surface area contributed by atoms with Gasteiger partial charge < -0.3 is 14.8 Å². The number of ether oxygens (including phenoxy) is 2. The first-order valence-corrected chi connectivity index (χ1v) is 6.37. The highest BCUT2D eigenvalue weighted by Crippen LogP contribution is 2.34. The Morgan fingerprint density at radius 1 is 1.10 bits per heavy atom. The second kappa shape index (κ2) is 5.28. The van der Waals surface area contributed by atoms with Crippen LogP contribution in [0, 0.1) is 6.92 Å². The van der Waals surface area contributed by atoms with Gasteiger partial charge in [-0.2, -0.15) is 15.3 Å². The third-order valence-electron chi connectivity index (χ3n) is 3.11. The summed E-state index contributed by atoms with van der Waals surface area (Å²) in [5.41, 5.74) is 2.49. The van der Waals surface area contributed by atoms with Crippen molar-refractivity contribution in [2.45, 2.75) is 6.92 Å². The molecule has 7 heteroatoms. The van der Waals surface area contributed by atoms with Crippen LogP contribution in [0.4, 0.5) is 11.5 Å². The number of hydrogen-bond acceptors (Lipinski definition) is 6. The van der Waals surface area contributed by atoms with Crippen molar-refractivity contribution in [1.82, 2.24) is 20.4 Å². The van der Waals surface area contributed by atoms with Crippen LogP contribution in [-0.4, -0.2) is 34.6 Å². The van der Waals surface area contributed by atoms with Gasteiger partial charge in [0, 0.05) is 23.2 Å². The normalized spacial score (nSPS) is 10.6. The van der Waals surface area contributed by atoms with Crippen LogP contribution in [0.25, 0.3) is 10.9 Å². The Balaban J connectivity index is 2.10. The van der Waals surface area contributed by atoms with Crippen molar-refractivity contribution in [3.63, 3.8) is 0 Å². The molecule has 7 nitrogen and oxygen atoms in total. The molecule has 21 heavy (non-hydrogen) atoms. The number of anilines is 2. The van der Waals surface area contributed by atoms with Crippen molar-refractivity contribution in [3.05, 3.63) is 30.1 Å². The SMILES string of the molecule is COc1cc2nncc(Nc3cc(C)[nH]n3)c2cc1OC. The van der Waals surface area contributed by atoms with Crippen LogP contribution in [0.3, 0.4) is 0 Å². The molecule has 0 saturated carbocycles. The van der Waals surface area contributed by atoms with Crippen molar-refractivity contribution in [1.29, 1.82) is 0 Å². The van der Waals surface area contributed by atoms with E-state index < -0.39 is 0 Å². The van der Waals surface area contributed by atoms with Gasteiger partial charge in [0.15, 0.2) is 17.3 Å². The molecule has 3 rings (SSSR count). The molecule has 0 fully saturated rings. The fourth-order valence-electron chi connectivity index (χ4n) is 2.10. The number of aryl methyl sites for hydroxylation is 1. The molecule has 0 bridgehead atoms. The van der Waals surface area contributed by atoms with Crippen LogP contribution in [-0.2, 0) is 0 Å². The number of hydrogen-bond donors (Lipinski definition) is 2. The van der Waals surface area contributed by atoms with E-state index in [1.165, 1.54) is 0 Å². The van der Waals surface area contributed by atoms with Crippen LogP contribution in [0.1, 0.15) is 5.69 Å². The Bertz CT molecular complexity index is 784. The molecule has 0 amide bonds. The minimum absolute atomic E-state index is 0.618. The summed E-state index contributed by atoms with van der Waals surface area (Å²) in [7, 11) is 3.19. The Kier molecular flexibility index (Phi) is 3.31. The molecule has 0 aliphatic carbocycles. The minimum atomic E-state index is 0.618. The number of fused-ring (bicyclic) bond motifs is 1. The lowest BCUT2D eigenvalue weighted by Crippen LogP contribution is -1.97. The Morgan fingerprint density at radius 3 is 2.52 bits per heavy atom.